The minimum atomic E-state index is -0.770. The van der Waals surface area contributed by atoms with Crippen molar-refractivity contribution in [3.8, 4) is 11.4 Å². The minimum absolute atomic E-state index is 0.185. The van der Waals surface area contributed by atoms with Crippen LogP contribution in [0.25, 0.3) is 11.4 Å². The fourth-order valence-electron chi connectivity index (χ4n) is 1.16. The average molecular weight is 225 g/mol. The van der Waals surface area contributed by atoms with Crippen LogP contribution in [0.1, 0.15) is 18.9 Å². The molecule has 0 spiro atoms. The first-order valence-corrected chi connectivity index (χ1v) is 4.83. The largest absolute Gasteiger partial charge is 0.384 e. The summed E-state index contributed by atoms with van der Waals surface area (Å²) in [5.41, 5.74) is 0.690. The predicted octanol–water partition coefficient (Wildman–Crippen LogP) is 2.44. The van der Waals surface area contributed by atoms with Crippen LogP contribution < -0.4 is 0 Å². The highest BCUT2D eigenvalue weighted by Crippen LogP contribution is 2.25. The van der Waals surface area contributed by atoms with Crippen LogP contribution in [0.15, 0.2) is 28.8 Å². The summed E-state index contributed by atoms with van der Waals surface area (Å²) >= 11 is 5.96. The van der Waals surface area contributed by atoms with Gasteiger partial charge in [-0.25, -0.2) is 0 Å². The van der Waals surface area contributed by atoms with Gasteiger partial charge in [-0.1, -0.05) is 28.9 Å². The molecule has 0 aliphatic heterocycles. The third kappa shape index (κ3) is 2.00. The fraction of sp³-hybridized carbons (Fsp3) is 0.200. The van der Waals surface area contributed by atoms with E-state index in [0.717, 1.165) is 0 Å². The number of hydrogen-bond acceptors (Lipinski definition) is 4. The zero-order valence-corrected chi connectivity index (χ0v) is 8.77. The Labute approximate surface area is 91.5 Å². The molecule has 0 bridgehead atoms. The molecular formula is C10H9ClN2O2. The molecule has 1 atom stereocenters. The standard InChI is InChI=1S/C10H9ClN2O2/c1-6(14)10-12-9(13-15-10)7-4-2-3-5-8(7)11/h2-6,14H,1H3. The molecule has 2 aromatic rings. The van der Waals surface area contributed by atoms with Crippen LogP contribution in [0.3, 0.4) is 0 Å². The summed E-state index contributed by atoms with van der Waals surface area (Å²) in [6.45, 7) is 1.56. The molecule has 1 unspecified atom stereocenters. The zero-order chi connectivity index (χ0) is 10.8. The Morgan fingerprint density at radius 3 is 2.73 bits per heavy atom. The van der Waals surface area contributed by atoms with Gasteiger partial charge in [-0.2, -0.15) is 4.98 Å². The highest BCUT2D eigenvalue weighted by Gasteiger charge is 2.13. The van der Waals surface area contributed by atoms with Gasteiger partial charge in [0.15, 0.2) is 0 Å². The molecule has 2 rings (SSSR count). The lowest BCUT2D eigenvalue weighted by Crippen LogP contribution is -1.90. The van der Waals surface area contributed by atoms with Gasteiger partial charge in [-0.15, -0.1) is 0 Å². The van der Waals surface area contributed by atoms with Gasteiger partial charge in [0.05, 0.1) is 5.02 Å². The molecule has 1 aromatic carbocycles. The number of aliphatic hydroxyl groups is 1. The summed E-state index contributed by atoms with van der Waals surface area (Å²) in [6.07, 6.45) is -0.770. The molecular weight excluding hydrogens is 216 g/mol. The zero-order valence-electron chi connectivity index (χ0n) is 8.01. The Balaban J connectivity index is 2.42. The van der Waals surface area contributed by atoms with Gasteiger partial charge in [-0.05, 0) is 19.1 Å². The number of rotatable bonds is 2. The van der Waals surface area contributed by atoms with Crippen molar-refractivity contribution in [2.45, 2.75) is 13.0 Å². The Hall–Kier alpha value is -1.39. The maximum absolute atomic E-state index is 9.22. The molecule has 0 saturated carbocycles. The van der Waals surface area contributed by atoms with E-state index in [4.69, 9.17) is 16.1 Å². The second kappa shape index (κ2) is 4.00. The van der Waals surface area contributed by atoms with Crippen molar-refractivity contribution >= 4 is 11.6 Å². The molecule has 0 fully saturated rings. The lowest BCUT2D eigenvalue weighted by Gasteiger charge is -1.96. The van der Waals surface area contributed by atoms with Crippen molar-refractivity contribution in [2.24, 2.45) is 0 Å². The van der Waals surface area contributed by atoms with Gasteiger partial charge < -0.3 is 9.63 Å². The molecule has 0 saturated heterocycles. The highest BCUT2D eigenvalue weighted by atomic mass is 35.5. The van der Waals surface area contributed by atoms with Crippen molar-refractivity contribution < 1.29 is 9.63 Å². The van der Waals surface area contributed by atoms with Crippen LogP contribution in [0.2, 0.25) is 5.02 Å². The molecule has 0 aliphatic rings. The fourth-order valence-corrected chi connectivity index (χ4v) is 1.38. The van der Waals surface area contributed by atoms with E-state index in [1.54, 1.807) is 19.1 Å². The highest BCUT2D eigenvalue weighted by molar-refractivity contribution is 6.33. The quantitative estimate of drug-likeness (QED) is 0.851. The van der Waals surface area contributed by atoms with Gasteiger partial charge in [-0.3, -0.25) is 0 Å². The van der Waals surface area contributed by atoms with Crippen molar-refractivity contribution in [2.75, 3.05) is 0 Å². The van der Waals surface area contributed by atoms with Crippen LogP contribution in [0, 0.1) is 0 Å². The van der Waals surface area contributed by atoms with E-state index in [1.165, 1.54) is 0 Å². The lowest BCUT2D eigenvalue weighted by atomic mass is 10.2. The molecule has 1 N–H and O–H groups in total. The monoisotopic (exact) mass is 224 g/mol. The van der Waals surface area contributed by atoms with E-state index in [-0.39, 0.29) is 5.89 Å². The topological polar surface area (TPSA) is 59.2 Å². The number of halogens is 1. The van der Waals surface area contributed by atoms with E-state index in [9.17, 15) is 5.11 Å². The molecule has 5 heteroatoms. The normalized spacial score (nSPS) is 12.7. The number of benzene rings is 1. The second-order valence-electron chi connectivity index (χ2n) is 3.11. The third-order valence-electron chi connectivity index (χ3n) is 1.91. The van der Waals surface area contributed by atoms with Crippen LogP contribution >= 0.6 is 11.6 Å². The number of nitrogens with zero attached hydrogens (tertiary/aromatic N) is 2. The van der Waals surface area contributed by atoms with Crippen molar-refractivity contribution in [1.29, 1.82) is 0 Å². The van der Waals surface area contributed by atoms with Crippen molar-refractivity contribution in [3.05, 3.63) is 35.2 Å². The van der Waals surface area contributed by atoms with Gasteiger partial charge in [0.25, 0.3) is 5.89 Å². The van der Waals surface area contributed by atoms with Crippen LogP contribution in [-0.2, 0) is 0 Å². The van der Waals surface area contributed by atoms with Crippen LogP contribution in [-0.4, -0.2) is 15.2 Å². The Bertz CT molecular complexity index is 468. The maximum atomic E-state index is 9.22. The van der Waals surface area contributed by atoms with E-state index >= 15 is 0 Å². The van der Waals surface area contributed by atoms with Gasteiger partial charge in [0, 0.05) is 5.56 Å². The Morgan fingerprint density at radius 1 is 1.40 bits per heavy atom. The third-order valence-corrected chi connectivity index (χ3v) is 2.24. The van der Waals surface area contributed by atoms with Gasteiger partial charge >= 0.3 is 0 Å². The summed E-state index contributed by atoms with van der Waals surface area (Å²) in [5.74, 6) is 0.571. The van der Waals surface area contributed by atoms with E-state index in [2.05, 4.69) is 10.1 Å². The van der Waals surface area contributed by atoms with Crippen LogP contribution in [0.5, 0.6) is 0 Å². The summed E-state index contributed by atoms with van der Waals surface area (Å²) in [7, 11) is 0. The Morgan fingerprint density at radius 2 is 2.13 bits per heavy atom. The summed E-state index contributed by atoms with van der Waals surface area (Å²) in [5, 5.41) is 13.5. The summed E-state index contributed by atoms with van der Waals surface area (Å²) < 4.78 is 4.87. The molecule has 0 amide bonds. The molecule has 4 nitrogen and oxygen atoms in total. The molecule has 0 radical (unpaired) electrons. The summed E-state index contributed by atoms with van der Waals surface area (Å²) in [4.78, 5) is 4.03. The summed E-state index contributed by atoms with van der Waals surface area (Å²) in [6, 6.07) is 7.19. The first-order chi connectivity index (χ1) is 7.18. The van der Waals surface area contributed by atoms with Crippen LogP contribution in [0.4, 0.5) is 0 Å². The average Bonchev–Trinajstić information content (AvgIpc) is 2.67. The first kappa shape index (κ1) is 10.1. The minimum Gasteiger partial charge on any atom is -0.384 e. The smallest absolute Gasteiger partial charge is 0.255 e. The second-order valence-corrected chi connectivity index (χ2v) is 3.52. The van der Waals surface area contributed by atoms with Crippen molar-refractivity contribution in [3.63, 3.8) is 0 Å². The van der Waals surface area contributed by atoms with Gasteiger partial charge in [0.2, 0.25) is 5.82 Å². The maximum Gasteiger partial charge on any atom is 0.255 e. The van der Waals surface area contributed by atoms with E-state index in [1.807, 2.05) is 12.1 Å². The number of hydrogen-bond donors (Lipinski definition) is 1. The molecule has 0 aliphatic carbocycles. The number of aromatic nitrogens is 2. The predicted molar refractivity (Wildman–Crippen MR) is 55.4 cm³/mol. The SMILES string of the molecule is CC(O)c1nc(-c2ccccc2Cl)no1. The van der Waals surface area contributed by atoms with Crippen molar-refractivity contribution in [1.82, 2.24) is 10.1 Å². The molecule has 1 aromatic heterocycles. The molecule has 1 heterocycles. The molecule has 15 heavy (non-hydrogen) atoms. The first-order valence-electron chi connectivity index (χ1n) is 4.45. The molecule has 78 valence electrons. The van der Waals surface area contributed by atoms with E-state index in [0.29, 0.717) is 16.4 Å². The Kier molecular flexibility index (Phi) is 2.70. The van der Waals surface area contributed by atoms with Gasteiger partial charge in [0.1, 0.15) is 6.10 Å². The number of aliphatic hydroxyl groups excluding tert-OH is 1. The lowest BCUT2D eigenvalue weighted by molar-refractivity contribution is 0.152. The van der Waals surface area contributed by atoms with E-state index < -0.39 is 6.10 Å².